The number of hydrogen-bond donors (Lipinski definition) is 1. The van der Waals surface area contributed by atoms with Crippen LogP contribution in [0.3, 0.4) is 0 Å². The lowest BCUT2D eigenvalue weighted by Gasteiger charge is -2.14. The summed E-state index contributed by atoms with van der Waals surface area (Å²) in [5, 5.41) is 13.1. The summed E-state index contributed by atoms with van der Waals surface area (Å²) in [5.74, 6) is -1.13. The van der Waals surface area contributed by atoms with E-state index in [0.29, 0.717) is 5.02 Å². The van der Waals surface area contributed by atoms with Gasteiger partial charge in [-0.15, -0.1) is 11.3 Å². The van der Waals surface area contributed by atoms with E-state index in [0.717, 1.165) is 11.3 Å². The molecule has 0 unspecified atom stereocenters. The van der Waals surface area contributed by atoms with Crippen molar-refractivity contribution in [3.8, 4) is 11.5 Å². The number of nitrogens with one attached hydrogen (secondary N) is 1. The van der Waals surface area contributed by atoms with Crippen LogP contribution in [0.1, 0.15) is 9.67 Å². The molecule has 0 aliphatic carbocycles. The fraction of sp³-hybridized carbons (Fsp3) is 0. The summed E-state index contributed by atoms with van der Waals surface area (Å²) >= 11 is 6.74. The molecule has 0 saturated heterocycles. The second-order valence-electron chi connectivity index (χ2n) is 5.06. The Labute approximate surface area is 158 Å². The van der Waals surface area contributed by atoms with E-state index < -0.39 is 16.0 Å². The summed E-state index contributed by atoms with van der Waals surface area (Å²) < 4.78 is 33.1. The van der Waals surface area contributed by atoms with Crippen molar-refractivity contribution >= 4 is 44.6 Å². The van der Waals surface area contributed by atoms with Gasteiger partial charge in [-0.05, 0) is 47.8 Å². The number of carbonyl (C=O) groups is 1. The van der Waals surface area contributed by atoms with Crippen molar-refractivity contribution in [2.24, 2.45) is 0 Å². The Kier molecular flexibility index (Phi) is 5.17. The third-order valence-corrected chi connectivity index (χ3v) is 5.80. The number of carboxylic acid groups (broad SMARTS) is 1. The molecule has 0 spiro atoms. The zero-order chi connectivity index (χ0) is 18.7. The monoisotopic (exact) mass is 408 g/mol. The molecule has 3 aromatic rings. The molecule has 1 N–H and O–H groups in total. The van der Waals surface area contributed by atoms with Crippen LogP contribution in [0.4, 0.5) is 5.69 Å². The van der Waals surface area contributed by atoms with Gasteiger partial charge < -0.3 is 14.6 Å². The van der Waals surface area contributed by atoms with Crippen molar-refractivity contribution in [3.63, 3.8) is 0 Å². The highest BCUT2D eigenvalue weighted by atomic mass is 35.5. The van der Waals surface area contributed by atoms with Gasteiger partial charge in [-0.1, -0.05) is 23.7 Å². The third kappa shape index (κ3) is 3.98. The van der Waals surface area contributed by atoms with E-state index in [1.165, 1.54) is 42.5 Å². The minimum absolute atomic E-state index is 0.0302. The maximum atomic E-state index is 12.5. The molecule has 0 bridgehead atoms. The number of aromatic carboxylic acids is 1. The van der Waals surface area contributed by atoms with Crippen LogP contribution in [-0.2, 0) is 10.0 Å². The lowest BCUT2D eigenvalue weighted by atomic mass is 10.3. The first-order valence-electron chi connectivity index (χ1n) is 7.21. The Bertz CT molecular complexity index is 1050. The molecule has 0 saturated carbocycles. The third-order valence-electron chi connectivity index (χ3n) is 3.29. The topological polar surface area (TPSA) is 95.5 Å². The molecule has 0 aliphatic heterocycles. The number of anilines is 1. The molecule has 0 radical (unpaired) electrons. The Morgan fingerprint density at radius 1 is 1.04 bits per heavy atom. The largest absolute Gasteiger partial charge is 0.544 e. The Morgan fingerprint density at radius 2 is 1.73 bits per heavy atom. The number of thiophene rings is 1. The summed E-state index contributed by atoms with van der Waals surface area (Å²) in [4.78, 5) is 11.0. The number of benzene rings is 2. The van der Waals surface area contributed by atoms with E-state index in [-0.39, 0.29) is 27.0 Å². The molecule has 1 heterocycles. The number of halogens is 1. The number of para-hydroxylation sites is 2. The molecule has 0 amide bonds. The quantitative estimate of drug-likeness (QED) is 0.674. The summed E-state index contributed by atoms with van der Waals surface area (Å²) in [6.07, 6.45) is 0. The normalized spacial score (nSPS) is 11.1. The van der Waals surface area contributed by atoms with E-state index >= 15 is 0 Å². The molecule has 3 rings (SSSR count). The zero-order valence-corrected chi connectivity index (χ0v) is 15.4. The van der Waals surface area contributed by atoms with Crippen LogP contribution in [0.15, 0.2) is 64.9 Å². The van der Waals surface area contributed by atoms with E-state index in [2.05, 4.69) is 4.72 Å². The first-order chi connectivity index (χ1) is 12.4. The van der Waals surface area contributed by atoms with Crippen LogP contribution < -0.4 is 14.6 Å². The van der Waals surface area contributed by atoms with Crippen molar-refractivity contribution in [1.29, 1.82) is 0 Å². The van der Waals surface area contributed by atoms with Gasteiger partial charge >= 0.3 is 0 Å². The molecule has 2 aromatic carbocycles. The van der Waals surface area contributed by atoms with Crippen LogP contribution in [0.5, 0.6) is 11.5 Å². The minimum atomic E-state index is -3.87. The number of ether oxygens (including phenoxy) is 1. The SMILES string of the molecule is O=C([O-])c1sccc1Oc1ccccc1NS(=O)(=O)c1ccc(Cl)cc1. The fourth-order valence-electron chi connectivity index (χ4n) is 2.10. The molecular weight excluding hydrogens is 398 g/mol. The molecule has 6 nitrogen and oxygen atoms in total. The summed E-state index contributed by atoms with van der Waals surface area (Å²) in [6, 6.07) is 13.5. The first kappa shape index (κ1) is 18.2. The van der Waals surface area contributed by atoms with Gasteiger partial charge in [-0.25, -0.2) is 8.42 Å². The minimum Gasteiger partial charge on any atom is -0.544 e. The van der Waals surface area contributed by atoms with Gasteiger partial charge in [0.2, 0.25) is 0 Å². The maximum absolute atomic E-state index is 12.5. The molecule has 0 aliphatic rings. The lowest BCUT2D eigenvalue weighted by molar-refractivity contribution is -0.254. The van der Waals surface area contributed by atoms with E-state index in [4.69, 9.17) is 16.3 Å². The highest BCUT2D eigenvalue weighted by Gasteiger charge is 2.17. The predicted molar refractivity (Wildman–Crippen MR) is 97.4 cm³/mol. The fourth-order valence-corrected chi connectivity index (χ4v) is 3.95. The second-order valence-corrected chi connectivity index (χ2v) is 8.09. The smallest absolute Gasteiger partial charge is 0.262 e. The molecule has 0 fully saturated rings. The van der Waals surface area contributed by atoms with Gasteiger partial charge in [0.05, 0.1) is 21.4 Å². The van der Waals surface area contributed by atoms with Crippen LogP contribution >= 0.6 is 22.9 Å². The van der Waals surface area contributed by atoms with Gasteiger partial charge in [-0.2, -0.15) is 0 Å². The Hall–Kier alpha value is -2.55. The van der Waals surface area contributed by atoms with Crippen LogP contribution in [0.2, 0.25) is 5.02 Å². The second kappa shape index (κ2) is 7.36. The number of carbonyl (C=O) groups excluding carboxylic acids is 1. The Morgan fingerprint density at radius 3 is 2.42 bits per heavy atom. The predicted octanol–water partition coefficient (Wildman–Crippen LogP) is 3.36. The average molecular weight is 409 g/mol. The number of hydrogen-bond acceptors (Lipinski definition) is 6. The Balaban J connectivity index is 1.91. The lowest BCUT2D eigenvalue weighted by Crippen LogP contribution is -2.21. The first-order valence-corrected chi connectivity index (χ1v) is 9.95. The van der Waals surface area contributed by atoms with Crippen molar-refractivity contribution in [3.05, 3.63) is 69.9 Å². The van der Waals surface area contributed by atoms with Crippen LogP contribution in [0, 0.1) is 0 Å². The molecule has 0 atom stereocenters. The number of carboxylic acids is 1. The van der Waals surface area contributed by atoms with E-state index in [9.17, 15) is 18.3 Å². The highest BCUT2D eigenvalue weighted by Crippen LogP contribution is 2.34. The molecule has 1 aromatic heterocycles. The van der Waals surface area contributed by atoms with Crippen molar-refractivity contribution < 1.29 is 23.1 Å². The molecule has 9 heteroatoms. The van der Waals surface area contributed by atoms with Crippen LogP contribution in [-0.4, -0.2) is 14.4 Å². The van der Waals surface area contributed by atoms with E-state index in [1.54, 1.807) is 17.5 Å². The van der Waals surface area contributed by atoms with Gasteiger partial charge in [0.15, 0.2) is 5.75 Å². The van der Waals surface area contributed by atoms with Crippen molar-refractivity contribution in [2.75, 3.05) is 4.72 Å². The van der Waals surface area contributed by atoms with Crippen molar-refractivity contribution in [2.45, 2.75) is 4.90 Å². The van der Waals surface area contributed by atoms with E-state index in [1.807, 2.05) is 0 Å². The summed E-state index contributed by atoms with van der Waals surface area (Å²) in [6.45, 7) is 0. The highest BCUT2D eigenvalue weighted by molar-refractivity contribution is 7.92. The van der Waals surface area contributed by atoms with Gasteiger partial charge in [0.1, 0.15) is 5.75 Å². The molecule has 26 heavy (non-hydrogen) atoms. The van der Waals surface area contributed by atoms with Gasteiger partial charge in [0, 0.05) is 5.02 Å². The zero-order valence-electron chi connectivity index (χ0n) is 13.0. The molecule has 134 valence electrons. The van der Waals surface area contributed by atoms with Gasteiger partial charge in [-0.3, -0.25) is 4.72 Å². The maximum Gasteiger partial charge on any atom is 0.262 e. The standard InChI is InChI=1S/C17H12ClNO5S2/c18-11-5-7-12(8-6-11)26(22,23)19-13-3-1-2-4-14(13)24-15-9-10-25-16(15)17(20)21/h1-10,19H,(H,20,21)/p-1. The van der Waals surface area contributed by atoms with Gasteiger partial charge in [0.25, 0.3) is 10.0 Å². The molecular formula is C17H11ClNO5S2-. The number of sulfonamides is 1. The van der Waals surface area contributed by atoms with Crippen LogP contribution in [0.25, 0.3) is 0 Å². The average Bonchev–Trinajstić information content (AvgIpc) is 3.05. The summed E-state index contributed by atoms with van der Waals surface area (Å²) in [5.41, 5.74) is 0.165. The van der Waals surface area contributed by atoms with Crippen molar-refractivity contribution in [1.82, 2.24) is 0 Å². The number of rotatable bonds is 6. The summed E-state index contributed by atoms with van der Waals surface area (Å²) in [7, 11) is -3.87.